The van der Waals surface area contributed by atoms with Crippen LogP contribution in [0.3, 0.4) is 0 Å². The fourth-order valence-corrected chi connectivity index (χ4v) is 10.2. The highest BCUT2D eigenvalue weighted by molar-refractivity contribution is 5.98. The molecular weight excluding hydrogens is 675 g/mol. The van der Waals surface area contributed by atoms with Crippen LogP contribution in [0.15, 0.2) is 188 Å². The van der Waals surface area contributed by atoms with Gasteiger partial charge in [-0.3, -0.25) is 0 Å². The number of nitrogens with zero attached hydrogens (tertiary/aromatic N) is 1. The van der Waals surface area contributed by atoms with E-state index in [1.54, 1.807) is 0 Å². The lowest BCUT2D eigenvalue weighted by Crippen LogP contribution is -2.34. The SMILES string of the molecule is CC1(C)CCC(C)(C)c2c(-c3cc4c(cc3N(c3ccccc3)c3ccc5ccccc5c3)C(c3ccccc3)(c3ccccc3)c3ccccc3-4)cccc21. The molecule has 1 heteroatoms. The van der Waals surface area contributed by atoms with Crippen LogP contribution < -0.4 is 4.90 Å². The first-order chi connectivity index (χ1) is 27.3. The first-order valence-electron chi connectivity index (χ1n) is 20.2. The fraction of sp³-hybridized carbons (Fsp3) is 0.164. The van der Waals surface area contributed by atoms with E-state index in [2.05, 4.69) is 221 Å². The van der Waals surface area contributed by atoms with Crippen LogP contribution in [0.1, 0.15) is 73.9 Å². The molecule has 0 fully saturated rings. The summed E-state index contributed by atoms with van der Waals surface area (Å²) in [5, 5.41) is 2.46. The summed E-state index contributed by atoms with van der Waals surface area (Å²) in [7, 11) is 0. The van der Waals surface area contributed by atoms with E-state index in [4.69, 9.17) is 0 Å². The zero-order valence-electron chi connectivity index (χ0n) is 32.8. The number of fused-ring (bicyclic) bond motifs is 5. The summed E-state index contributed by atoms with van der Waals surface area (Å²) in [5.41, 5.74) is 16.3. The summed E-state index contributed by atoms with van der Waals surface area (Å²) in [6.07, 6.45) is 2.32. The van der Waals surface area contributed by atoms with Crippen molar-refractivity contribution in [3.63, 3.8) is 0 Å². The third-order valence-electron chi connectivity index (χ3n) is 13.0. The summed E-state index contributed by atoms with van der Waals surface area (Å²) in [6, 6.07) is 70.3. The highest BCUT2D eigenvalue weighted by atomic mass is 15.1. The van der Waals surface area contributed by atoms with Gasteiger partial charge in [-0.2, -0.15) is 0 Å². The Morgan fingerprint density at radius 1 is 0.375 bits per heavy atom. The second kappa shape index (κ2) is 13.0. The topological polar surface area (TPSA) is 3.24 Å². The van der Waals surface area contributed by atoms with Gasteiger partial charge in [-0.1, -0.05) is 179 Å². The number of benzene rings is 8. The Kier molecular flexibility index (Phi) is 7.94. The van der Waals surface area contributed by atoms with E-state index >= 15 is 0 Å². The molecule has 0 unspecified atom stereocenters. The molecule has 8 aromatic rings. The van der Waals surface area contributed by atoms with Gasteiger partial charge in [-0.05, 0) is 121 Å². The van der Waals surface area contributed by atoms with Gasteiger partial charge in [0.15, 0.2) is 0 Å². The summed E-state index contributed by atoms with van der Waals surface area (Å²) >= 11 is 0. The zero-order chi connectivity index (χ0) is 38.1. The molecule has 272 valence electrons. The minimum absolute atomic E-state index is 0.00794. The molecule has 8 aromatic carbocycles. The van der Waals surface area contributed by atoms with Gasteiger partial charge in [-0.15, -0.1) is 0 Å². The first kappa shape index (κ1) is 34.3. The molecule has 0 N–H and O–H groups in total. The summed E-state index contributed by atoms with van der Waals surface area (Å²) < 4.78 is 0. The van der Waals surface area contributed by atoms with Gasteiger partial charge < -0.3 is 4.90 Å². The third-order valence-corrected chi connectivity index (χ3v) is 13.0. The van der Waals surface area contributed by atoms with Crippen molar-refractivity contribution in [3.05, 3.63) is 221 Å². The highest BCUT2D eigenvalue weighted by Crippen LogP contribution is 2.60. The molecule has 0 aliphatic heterocycles. The molecule has 0 radical (unpaired) electrons. The molecule has 0 atom stereocenters. The average molecular weight is 722 g/mol. The maximum atomic E-state index is 2.56. The van der Waals surface area contributed by atoms with E-state index < -0.39 is 5.41 Å². The molecule has 1 nitrogen and oxygen atoms in total. The Morgan fingerprint density at radius 3 is 1.66 bits per heavy atom. The molecule has 2 aliphatic rings. The quantitative estimate of drug-likeness (QED) is 0.165. The predicted molar refractivity (Wildman–Crippen MR) is 237 cm³/mol. The van der Waals surface area contributed by atoms with Crippen LogP contribution in [0.5, 0.6) is 0 Å². The Labute approximate surface area is 331 Å². The van der Waals surface area contributed by atoms with Crippen molar-refractivity contribution < 1.29 is 0 Å². The largest absolute Gasteiger partial charge is 0.310 e. The number of anilines is 3. The molecule has 0 aromatic heterocycles. The summed E-state index contributed by atoms with van der Waals surface area (Å²) in [5.74, 6) is 0. The highest BCUT2D eigenvalue weighted by Gasteiger charge is 2.47. The van der Waals surface area contributed by atoms with Gasteiger partial charge >= 0.3 is 0 Å². The number of rotatable bonds is 6. The van der Waals surface area contributed by atoms with E-state index in [9.17, 15) is 0 Å². The second-order valence-electron chi connectivity index (χ2n) is 17.1. The molecule has 0 bridgehead atoms. The van der Waals surface area contributed by atoms with Gasteiger partial charge in [0, 0.05) is 16.9 Å². The Hall–Kier alpha value is -6.18. The molecule has 0 amide bonds. The van der Waals surface area contributed by atoms with Crippen molar-refractivity contribution in [2.24, 2.45) is 0 Å². The lowest BCUT2D eigenvalue weighted by atomic mass is 9.61. The van der Waals surface area contributed by atoms with Crippen molar-refractivity contribution in [1.29, 1.82) is 0 Å². The number of hydrogen-bond acceptors (Lipinski definition) is 1. The Balaban J connectivity index is 1.38. The minimum atomic E-state index is -0.523. The van der Waals surface area contributed by atoms with E-state index in [1.165, 1.54) is 78.5 Å². The van der Waals surface area contributed by atoms with Crippen molar-refractivity contribution in [3.8, 4) is 22.3 Å². The van der Waals surface area contributed by atoms with Crippen molar-refractivity contribution in [1.82, 2.24) is 0 Å². The van der Waals surface area contributed by atoms with Gasteiger partial charge in [-0.25, -0.2) is 0 Å². The average Bonchev–Trinajstić information content (AvgIpc) is 3.53. The van der Waals surface area contributed by atoms with Crippen LogP contribution in [0.25, 0.3) is 33.0 Å². The summed E-state index contributed by atoms with van der Waals surface area (Å²) in [4.78, 5) is 2.52. The van der Waals surface area contributed by atoms with Crippen LogP contribution in [-0.2, 0) is 16.2 Å². The maximum absolute atomic E-state index is 2.56. The predicted octanol–water partition coefficient (Wildman–Crippen LogP) is 14.7. The van der Waals surface area contributed by atoms with E-state index in [-0.39, 0.29) is 10.8 Å². The number of para-hydroxylation sites is 1. The molecule has 10 rings (SSSR count). The standard InChI is InChI=1S/C55H47N/c1-53(2)33-34-54(3,4)52-45(28-18-30-49(52)53)47-36-46-44-27-16-17-29-48(44)55(40-21-8-5-9-22-40,41-23-10-6-11-24-41)50(46)37-51(47)56(42-25-12-7-13-26-42)43-32-31-38-19-14-15-20-39(38)35-43/h5-32,35-37H,33-34H2,1-4H3. The molecule has 0 spiro atoms. The molecule has 0 saturated carbocycles. The van der Waals surface area contributed by atoms with Gasteiger partial charge in [0.2, 0.25) is 0 Å². The number of hydrogen-bond donors (Lipinski definition) is 0. The van der Waals surface area contributed by atoms with E-state index in [0.717, 1.165) is 17.8 Å². The Bertz CT molecular complexity index is 2700. The molecule has 56 heavy (non-hydrogen) atoms. The Morgan fingerprint density at radius 2 is 0.946 bits per heavy atom. The van der Waals surface area contributed by atoms with Crippen LogP contribution in [0.4, 0.5) is 17.1 Å². The van der Waals surface area contributed by atoms with E-state index in [0.29, 0.717) is 0 Å². The third kappa shape index (κ3) is 5.21. The normalized spacial score (nSPS) is 15.8. The van der Waals surface area contributed by atoms with E-state index in [1.807, 2.05) is 0 Å². The smallest absolute Gasteiger partial charge is 0.0714 e. The van der Waals surface area contributed by atoms with Gasteiger partial charge in [0.25, 0.3) is 0 Å². The van der Waals surface area contributed by atoms with Crippen LogP contribution in [-0.4, -0.2) is 0 Å². The zero-order valence-corrected chi connectivity index (χ0v) is 32.8. The lowest BCUT2D eigenvalue weighted by Gasteiger charge is -2.43. The van der Waals surface area contributed by atoms with Crippen LogP contribution >= 0.6 is 0 Å². The molecular formula is C55H47N. The van der Waals surface area contributed by atoms with Crippen molar-refractivity contribution in [2.75, 3.05) is 4.90 Å². The monoisotopic (exact) mass is 721 g/mol. The molecule has 2 aliphatic carbocycles. The minimum Gasteiger partial charge on any atom is -0.310 e. The summed E-state index contributed by atoms with van der Waals surface area (Å²) in [6.45, 7) is 9.79. The molecule has 0 heterocycles. The fourth-order valence-electron chi connectivity index (χ4n) is 10.2. The lowest BCUT2D eigenvalue weighted by molar-refractivity contribution is 0.333. The first-order valence-corrected chi connectivity index (χ1v) is 20.2. The second-order valence-corrected chi connectivity index (χ2v) is 17.1. The molecule has 0 saturated heterocycles. The maximum Gasteiger partial charge on any atom is 0.0714 e. The van der Waals surface area contributed by atoms with Crippen LogP contribution in [0, 0.1) is 0 Å². The van der Waals surface area contributed by atoms with Crippen molar-refractivity contribution in [2.45, 2.75) is 56.8 Å². The van der Waals surface area contributed by atoms with Crippen LogP contribution in [0.2, 0.25) is 0 Å². The van der Waals surface area contributed by atoms with Crippen molar-refractivity contribution >= 4 is 27.8 Å². The van der Waals surface area contributed by atoms with Gasteiger partial charge in [0.05, 0.1) is 11.1 Å². The van der Waals surface area contributed by atoms with Gasteiger partial charge in [0.1, 0.15) is 0 Å².